The summed E-state index contributed by atoms with van der Waals surface area (Å²) in [6.45, 7) is 6.45. The maximum atomic E-state index is 12.5. The fourth-order valence-electron chi connectivity index (χ4n) is 3.11. The van der Waals surface area contributed by atoms with Crippen LogP contribution in [-0.4, -0.2) is 70.2 Å². The molecule has 0 radical (unpaired) electrons. The first-order valence-electron chi connectivity index (χ1n) is 8.71. The highest BCUT2D eigenvalue weighted by molar-refractivity contribution is 7.89. The molecule has 0 bridgehead atoms. The Morgan fingerprint density at radius 2 is 1.96 bits per heavy atom. The van der Waals surface area contributed by atoms with Gasteiger partial charge in [0.1, 0.15) is 5.75 Å². The Morgan fingerprint density at radius 1 is 1.24 bits per heavy atom. The second-order valence-corrected chi connectivity index (χ2v) is 8.78. The number of sulfonamides is 1. The summed E-state index contributed by atoms with van der Waals surface area (Å²) in [5, 5.41) is 5.85. The first-order chi connectivity index (χ1) is 11.9. The van der Waals surface area contributed by atoms with Gasteiger partial charge in [0, 0.05) is 57.4 Å². The van der Waals surface area contributed by atoms with Crippen LogP contribution in [0.5, 0.6) is 0 Å². The first kappa shape index (κ1) is 18.2. The van der Waals surface area contributed by atoms with Gasteiger partial charge in [-0.2, -0.15) is 4.31 Å². The highest BCUT2D eigenvalue weighted by Gasteiger charge is 2.29. The van der Waals surface area contributed by atoms with E-state index in [1.807, 2.05) is 25.1 Å². The Morgan fingerprint density at radius 3 is 2.56 bits per heavy atom. The van der Waals surface area contributed by atoms with Gasteiger partial charge in [-0.1, -0.05) is 12.1 Å². The number of nitrogens with one attached hydrogen (secondary N) is 2. The molecule has 3 rings (SSSR count). The summed E-state index contributed by atoms with van der Waals surface area (Å²) in [6, 6.07) is 8.20. The summed E-state index contributed by atoms with van der Waals surface area (Å²) >= 11 is 0. The average Bonchev–Trinajstić information content (AvgIpc) is 2.53. The van der Waals surface area contributed by atoms with Gasteiger partial charge in [-0.05, 0) is 24.6 Å². The fraction of sp³-hybridized carbons (Fsp3) is 0.588. The summed E-state index contributed by atoms with van der Waals surface area (Å²) in [7, 11) is -3.55. The predicted molar refractivity (Wildman–Crippen MR) is 98.1 cm³/mol. The van der Waals surface area contributed by atoms with Crippen molar-refractivity contribution in [3.8, 4) is 0 Å². The van der Waals surface area contributed by atoms with Gasteiger partial charge < -0.3 is 15.5 Å². The number of carbonyl (C=O) groups is 1. The third kappa shape index (κ3) is 4.71. The second-order valence-electron chi connectivity index (χ2n) is 6.81. The number of piperazine rings is 1. The molecule has 0 spiro atoms. The van der Waals surface area contributed by atoms with E-state index in [1.54, 1.807) is 0 Å². The molecule has 25 heavy (non-hydrogen) atoms. The molecule has 1 aromatic carbocycles. The second kappa shape index (κ2) is 7.72. The molecule has 0 saturated carbocycles. The van der Waals surface area contributed by atoms with Crippen molar-refractivity contribution in [2.75, 3.05) is 56.5 Å². The zero-order chi connectivity index (χ0) is 17.9. The maximum absolute atomic E-state index is 12.5. The molecule has 0 aromatic heterocycles. The van der Waals surface area contributed by atoms with Gasteiger partial charge in [0.05, 0.1) is 0 Å². The van der Waals surface area contributed by atoms with Crippen molar-refractivity contribution in [1.82, 2.24) is 14.9 Å². The van der Waals surface area contributed by atoms with Gasteiger partial charge in [0.15, 0.2) is 0 Å². The molecule has 1 aromatic rings. The Balaban J connectivity index is 1.49. The first-order valence-corrected chi connectivity index (χ1v) is 10.3. The van der Waals surface area contributed by atoms with Crippen LogP contribution in [0.3, 0.4) is 0 Å². The largest absolute Gasteiger partial charge is 0.369 e. The van der Waals surface area contributed by atoms with Crippen LogP contribution >= 0.6 is 0 Å². The lowest BCUT2D eigenvalue weighted by Gasteiger charge is -2.35. The number of anilines is 1. The number of amides is 1. The SMILES string of the molecule is Cc1cccc(N2CCN(S(=O)(=O)CC(=O)NCC3CNC3)CC2)c1. The van der Waals surface area contributed by atoms with Crippen molar-refractivity contribution < 1.29 is 13.2 Å². The number of hydrogen-bond donors (Lipinski definition) is 2. The van der Waals surface area contributed by atoms with Gasteiger partial charge in [0.25, 0.3) is 0 Å². The van der Waals surface area contributed by atoms with Crippen LogP contribution < -0.4 is 15.5 Å². The van der Waals surface area contributed by atoms with E-state index in [0.29, 0.717) is 38.6 Å². The minimum Gasteiger partial charge on any atom is -0.369 e. The van der Waals surface area contributed by atoms with Crippen molar-refractivity contribution in [3.63, 3.8) is 0 Å². The highest BCUT2D eigenvalue weighted by Crippen LogP contribution is 2.19. The topological polar surface area (TPSA) is 81.8 Å². The van der Waals surface area contributed by atoms with Crippen LogP contribution in [0.1, 0.15) is 5.56 Å². The fourth-order valence-corrected chi connectivity index (χ4v) is 4.44. The lowest BCUT2D eigenvalue weighted by molar-refractivity contribution is -0.118. The zero-order valence-corrected chi connectivity index (χ0v) is 15.4. The molecule has 1 amide bonds. The third-order valence-electron chi connectivity index (χ3n) is 4.77. The smallest absolute Gasteiger partial charge is 0.236 e. The minimum atomic E-state index is -3.55. The molecule has 0 unspecified atom stereocenters. The molecule has 2 aliphatic heterocycles. The van der Waals surface area contributed by atoms with Gasteiger partial charge in [-0.15, -0.1) is 0 Å². The average molecular weight is 366 g/mol. The van der Waals surface area contributed by atoms with E-state index in [-0.39, 0.29) is 0 Å². The molecule has 0 atom stereocenters. The molecule has 8 heteroatoms. The number of aryl methyl sites for hydroxylation is 1. The normalized spacial score (nSPS) is 19.5. The molecule has 0 aliphatic carbocycles. The van der Waals surface area contributed by atoms with Crippen LogP contribution in [-0.2, 0) is 14.8 Å². The van der Waals surface area contributed by atoms with Crippen LogP contribution in [0, 0.1) is 12.8 Å². The summed E-state index contributed by atoms with van der Waals surface area (Å²) in [4.78, 5) is 14.1. The monoisotopic (exact) mass is 366 g/mol. The Labute approximate surface area is 149 Å². The highest BCUT2D eigenvalue weighted by atomic mass is 32.2. The Bertz CT molecular complexity index is 710. The number of nitrogens with zero attached hydrogens (tertiary/aromatic N) is 2. The van der Waals surface area contributed by atoms with Crippen molar-refractivity contribution in [2.24, 2.45) is 5.92 Å². The van der Waals surface area contributed by atoms with E-state index in [0.717, 1.165) is 18.8 Å². The quantitative estimate of drug-likeness (QED) is 0.728. The van der Waals surface area contributed by atoms with E-state index >= 15 is 0 Å². The summed E-state index contributed by atoms with van der Waals surface area (Å²) in [5.41, 5.74) is 2.30. The van der Waals surface area contributed by atoms with E-state index in [1.165, 1.54) is 9.87 Å². The molecular formula is C17H26N4O3S. The van der Waals surface area contributed by atoms with Crippen LogP contribution in [0.4, 0.5) is 5.69 Å². The van der Waals surface area contributed by atoms with Gasteiger partial charge in [-0.25, -0.2) is 8.42 Å². The van der Waals surface area contributed by atoms with E-state index in [4.69, 9.17) is 0 Å². The zero-order valence-electron chi connectivity index (χ0n) is 14.6. The van der Waals surface area contributed by atoms with Crippen molar-refractivity contribution in [1.29, 1.82) is 0 Å². The number of hydrogen-bond acceptors (Lipinski definition) is 5. The molecule has 138 valence electrons. The summed E-state index contributed by atoms with van der Waals surface area (Å²) in [5.74, 6) is -0.449. The summed E-state index contributed by atoms with van der Waals surface area (Å²) < 4.78 is 26.3. The molecule has 2 aliphatic rings. The van der Waals surface area contributed by atoms with E-state index in [2.05, 4.69) is 21.6 Å². The van der Waals surface area contributed by atoms with Crippen LogP contribution in [0.2, 0.25) is 0 Å². The Hall–Kier alpha value is -1.64. The maximum Gasteiger partial charge on any atom is 0.236 e. The van der Waals surface area contributed by atoms with E-state index < -0.39 is 21.7 Å². The van der Waals surface area contributed by atoms with Crippen molar-refractivity contribution in [2.45, 2.75) is 6.92 Å². The molecular weight excluding hydrogens is 340 g/mol. The molecule has 2 N–H and O–H groups in total. The standard InChI is InChI=1S/C17H26N4O3S/c1-14-3-2-4-16(9-14)20-5-7-21(8-6-20)25(23,24)13-17(22)19-12-15-10-18-11-15/h2-4,9,15,18H,5-8,10-13H2,1H3,(H,19,22). The molecule has 2 heterocycles. The number of carbonyl (C=O) groups excluding carboxylic acids is 1. The molecule has 2 fully saturated rings. The molecule has 7 nitrogen and oxygen atoms in total. The van der Waals surface area contributed by atoms with Crippen LogP contribution in [0.25, 0.3) is 0 Å². The number of benzene rings is 1. The van der Waals surface area contributed by atoms with Crippen LogP contribution in [0.15, 0.2) is 24.3 Å². The minimum absolute atomic E-state index is 0.409. The van der Waals surface area contributed by atoms with E-state index in [9.17, 15) is 13.2 Å². The molecule has 2 saturated heterocycles. The lowest BCUT2D eigenvalue weighted by Crippen LogP contribution is -2.52. The summed E-state index contributed by atoms with van der Waals surface area (Å²) in [6.07, 6.45) is 0. The van der Waals surface area contributed by atoms with Crippen molar-refractivity contribution >= 4 is 21.6 Å². The van der Waals surface area contributed by atoms with Gasteiger partial charge in [-0.3, -0.25) is 4.79 Å². The number of rotatable bonds is 6. The Kier molecular flexibility index (Phi) is 5.61. The van der Waals surface area contributed by atoms with Crippen molar-refractivity contribution in [3.05, 3.63) is 29.8 Å². The van der Waals surface area contributed by atoms with Gasteiger partial charge >= 0.3 is 0 Å². The predicted octanol–water partition coefficient (Wildman–Crippen LogP) is -0.218. The van der Waals surface area contributed by atoms with Gasteiger partial charge in [0.2, 0.25) is 15.9 Å². The third-order valence-corrected chi connectivity index (χ3v) is 6.55. The lowest BCUT2D eigenvalue weighted by atomic mass is 10.0.